The van der Waals surface area contributed by atoms with E-state index in [0.717, 1.165) is 41.0 Å². The van der Waals surface area contributed by atoms with E-state index in [1.807, 2.05) is 63.2 Å². The van der Waals surface area contributed by atoms with Crippen LogP contribution in [0.5, 0.6) is 0 Å². The lowest BCUT2D eigenvalue weighted by Crippen LogP contribution is -2.32. The van der Waals surface area contributed by atoms with E-state index in [0.29, 0.717) is 0 Å². The summed E-state index contributed by atoms with van der Waals surface area (Å²) in [5.74, 6) is 0.126. The molecule has 1 atom stereocenters. The monoisotopic (exact) mass is 351 g/mol. The number of amides is 2. The summed E-state index contributed by atoms with van der Waals surface area (Å²) < 4.78 is 0. The lowest BCUT2D eigenvalue weighted by atomic mass is 10.1. The van der Waals surface area contributed by atoms with Crippen LogP contribution in [-0.4, -0.2) is 17.9 Å². The van der Waals surface area contributed by atoms with Crippen molar-refractivity contribution in [1.82, 2.24) is 0 Å². The Morgan fingerprint density at radius 1 is 1.00 bits per heavy atom. The van der Waals surface area contributed by atoms with Gasteiger partial charge in [-0.05, 0) is 63.4 Å². The largest absolute Gasteiger partial charge is 0.374 e. The van der Waals surface area contributed by atoms with Gasteiger partial charge in [-0.15, -0.1) is 0 Å². The first-order valence-corrected chi connectivity index (χ1v) is 8.98. The van der Waals surface area contributed by atoms with E-state index in [2.05, 4.69) is 16.0 Å². The Bertz CT molecular complexity index is 828. The van der Waals surface area contributed by atoms with Gasteiger partial charge in [-0.3, -0.25) is 9.59 Å². The molecule has 2 aromatic rings. The molecule has 1 aliphatic carbocycles. The summed E-state index contributed by atoms with van der Waals surface area (Å²) in [4.78, 5) is 24.4. The highest BCUT2D eigenvalue weighted by Gasteiger charge is 2.29. The third kappa shape index (κ3) is 4.63. The number of nitrogens with one attached hydrogen (secondary N) is 3. The van der Waals surface area contributed by atoms with E-state index in [9.17, 15) is 9.59 Å². The zero-order chi connectivity index (χ0) is 18.7. The van der Waals surface area contributed by atoms with Crippen LogP contribution < -0.4 is 16.0 Å². The Balaban J connectivity index is 1.60. The molecule has 0 bridgehead atoms. The minimum Gasteiger partial charge on any atom is -0.374 e. The molecule has 0 saturated heterocycles. The minimum atomic E-state index is -0.412. The number of carbonyl (C=O) groups is 2. The van der Waals surface area contributed by atoms with E-state index in [4.69, 9.17) is 0 Å². The van der Waals surface area contributed by atoms with Crippen LogP contribution >= 0.6 is 0 Å². The molecule has 5 heteroatoms. The Morgan fingerprint density at radius 3 is 2.42 bits per heavy atom. The average Bonchev–Trinajstić information content (AvgIpc) is 3.42. The van der Waals surface area contributed by atoms with Gasteiger partial charge in [-0.1, -0.05) is 23.8 Å². The van der Waals surface area contributed by atoms with E-state index in [-0.39, 0.29) is 17.7 Å². The molecule has 3 N–H and O–H groups in total. The van der Waals surface area contributed by atoms with E-state index in [1.54, 1.807) is 0 Å². The van der Waals surface area contributed by atoms with Gasteiger partial charge in [0.15, 0.2) is 0 Å². The second-order valence-corrected chi connectivity index (χ2v) is 7.02. The van der Waals surface area contributed by atoms with Crippen molar-refractivity contribution in [2.24, 2.45) is 5.92 Å². The van der Waals surface area contributed by atoms with Crippen molar-refractivity contribution in [3.63, 3.8) is 0 Å². The van der Waals surface area contributed by atoms with Crippen LogP contribution in [0.15, 0.2) is 42.5 Å². The standard InChI is InChI=1S/C21H25N3O2/c1-13-7-10-19(14(2)11-13)24-20(25)15(3)22-17-5-4-6-18(12-17)23-21(26)16-8-9-16/h4-7,10-12,15-16,22H,8-9H2,1-3H3,(H,23,26)(H,24,25). The van der Waals surface area contributed by atoms with Gasteiger partial charge in [-0.25, -0.2) is 0 Å². The molecule has 1 unspecified atom stereocenters. The molecule has 136 valence electrons. The molecular formula is C21H25N3O2. The van der Waals surface area contributed by atoms with Crippen molar-refractivity contribution >= 4 is 28.9 Å². The first-order valence-electron chi connectivity index (χ1n) is 8.98. The van der Waals surface area contributed by atoms with Crippen molar-refractivity contribution in [2.45, 2.75) is 39.7 Å². The van der Waals surface area contributed by atoms with Crippen molar-refractivity contribution in [1.29, 1.82) is 0 Å². The topological polar surface area (TPSA) is 70.2 Å². The Labute approximate surface area is 154 Å². The molecule has 0 spiro atoms. The lowest BCUT2D eigenvalue weighted by Gasteiger charge is -2.17. The quantitative estimate of drug-likeness (QED) is 0.734. The maximum absolute atomic E-state index is 12.5. The van der Waals surface area contributed by atoms with Gasteiger partial charge in [0.05, 0.1) is 0 Å². The molecule has 0 heterocycles. The molecule has 1 fully saturated rings. The molecule has 2 aromatic carbocycles. The molecule has 0 radical (unpaired) electrons. The fourth-order valence-electron chi connectivity index (χ4n) is 2.79. The van der Waals surface area contributed by atoms with Gasteiger partial charge in [0, 0.05) is 23.0 Å². The summed E-state index contributed by atoms with van der Waals surface area (Å²) in [5, 5.41) is 9.06. The first kappa shape index (κ1) is 18.0. The smallest absolute Gasteiger partial charge is 0.246 e. The second kappa shape index (κ2) is 7.60. The highest BCUT2D eigenvalue weighted by atomic mass is 16.2. The number of hydrogen-bond acceptors (Lipinski definition) is 3. The number of rotatable bonds is 6. The molecular weight excluding hydrogens is 326 g/mol. The predicted octanol–water partition coefficient (Wildman–Crippen LogP) is 4.09. The van der Waals surface area contributed by atoms with Crippen LogP contribution in [-0.2, 0) is 9.59 Å². The normalized spacial score (nSPS) is 14.4. The van der Waals surface area contributed by atoms with Gasteiger partial charge in [0.1, 0.15) is 6.04 Å². The molecule has 2 amide bonds. The molecule has 0 aromatic heterocycles. The Kier molecular flexibility index (Phi) is 5.26. The number of aryl methyl sites for hydroxylation is 2. The Hall–Kier alpha value is -2.82. The third-order valence-electron chi connectivity index (χ3n) is 4.49. The van der Waals surface area contributed by atoms with Crippen LogP contribution in [0, 0.1) is 19.8 Å². The second-order valence-electron chi connectivity index (χ2n) is 7.02. The number of benzene rings is 2. The average molecular weight is 351 g/mol. The van der Waals surface area contributed by atoms with Crippen LogP contribution in [0.4, 0.5) is 17.1 Å². The zero-order valence-electron chi connectivity index (χ0n) is 15.4. The van der Waals surface area contributed by atoms with E-state index < -0.39 is 6.04 Å². The summed E-state index contributed by atoms with van der Waals surface area (Å²) in [5.41, 5.74) is 4.56. The fraction of sp³-hybridized carbons (Fsp3) is 0.333. The highest BCUT2D eigenvalue weighted by Crippen LogP contribution is 2.30. The van der Waals surface area contributed by atoms with Crippen molar-refractivity contribution in [2.75, 3.05) is 16.0 Å². The third-order valence-corrected chi connectivity index (χ3v) is 4.49. The first-order chi connectivity index (χ1) is 12.4. The number of anilines is 3. The lowest BCUT2D eigenvalue weighted by molar-refractivity contribution is -0.117. The van der Waals surface area contributed by atoms with Crippen LogP contribution in [0.3, 0.4) is 0 Å². The van der Waals surface area contributed by atoms with Gasteiger partial charge >= 0.3 is 0 Å². The van der Waals surface area contributed by atoms with E-state index >= 15 is 0 Å². The number of hydrogen-bond donors (Lipinski definition) is 3. The minimum absolute atomic E-state index is 0.0720. The van der Waals surface area contributed by atoms with Gasteiger partial charge in [0.25, 0.3) is 0 Å². The predicted molar refractivity (Wildman–Crippen MR) is 105 cm³/mol. The number of carbonyl (C=O) groups excluding carboxylic acids is 2. The van der Waals surface area contributed by atoms with Gasteiger partial charge < -0.3 is 16.0 Å². The summed E-state index contributed by atoms with van der Waals surface area (Å²) in [6.07, 6.45) is 1.94. The Morgan fingerprint density at radius 2 is 1.73 bits per heavy atom. The van der Waals surface area contributed by atoms with Crippen molar-refractivity contribution in [3.05, 3.63) is 53.6 Å². The van der Waals surface area contributed by atoms with Crippen molar-refractivity contribution in [3.8, 4) is 0 Å². The summed E-state index contributed by atoms with van der Waals surface area (Å²) in [6, 6.07) is 13.0. The van der Waals surface area contributed by atoms with Gasteiger partial charge in [0.2, 0.25) is 11.8 Å². The van der Waals surface area contributed by atoms with Crippen LogP contribution in [0.25, 0.3) is 0 Å². The van der Waals surface area contributed by atoms with E-state index in [1.165, 1.54) is 0 Å². The molecule has 1 saturated carbocycles. The zero-order valence-corrected chi connectivity index (χ0v) is 15.4. The summed E-state index contributed by atoms with van der Waals surface area (Å²) in [6.45, 7) is 5.82. The molecule has 3 rings (SSSR count). The highest BCUT2D eigenvalue weighted by molar-refractivity contribution is 5.97. The molecule has 0 aliphatic heterocycles. The summed E-state index contributed by atoms with van der Waals surface area (Å²) in [7, 11) is 0. The maximum atomic E-state index is 12.5. The molecule has 1 aliphatic rings. The molecule has 26 heavy (non-hydrogen) atoms. The fourth-order valence-corrected chi connectivity index (χ4v) is 2.79. The van der Waals surface area contributed by atoms with Crippen molar-refractivity contribution < 1.29 is 9.59 Å². The summed E-state index contributed by atoms with van der Waals surface area (Å²) >= 11 is 0. The maximum Gasteiger partial charge on any atom is 0.246 e. The SMILES string of the molecule is Cc1ccc(NC(=O)C(C)Nc2cccc(NC(=O)C3CC3)c2)c(C)c1. The van der Waals surface area contributed by atoms with Gasteiger partial charge in [-0.2, -0.15) is 0 Å². The van der Waals surface area contributed by atoms with Crippen LogP contribution in [0.2, 0.25) is 0 Å². The van der Waals surface area contributed by atoms with Crippen LogP contribution in [0.1, 0.15) is 30.9 Å². The molecule has 5 nitrogen and oxygen atoms in total.